The molecule has 1 saturated carbocycles. The molecule has 0 unspecified atom stereocenters. The molecular weight excluding hydrogens is 227 g/mol. The van der Waals surface area contributed by atoms with E-state index in [-0.39, 0.29) is 5.41 Å². The molecule has 2 rings (SSSR count). The van der Waals surface area contributed by atoms with Crippen LogP contribution < -0.4 is 5.90 Å². The van der Waals surface area contributed by atoms with Crippen LogP contribution in [0.25, 0.3) is 0 Å². The van der Waals surface area contributed by atoms with Gasteiger partial charge in [0.15, 0.2) is 0 Å². The summed E-state index contributed by atoms with van der Waals surface area (Å²) in [5, 5.41) is 0. The van der Waals surface area contributed by atoms with Crippen molar-refractivity contribution in [3.05, 3.63) is 21.9 Å². The second-order valence-electron chi connectivity index (χ2n) is 3.75. The molecule has 2 nitrogen and oxygen atoms in total. The Kier molecular flexibility index (Phi) is 2.52. The van der Waals surface area contributed by atoms with Crippen LogP contribution in [-0.4, -0.2) is 6.61 Å². The first-order valence-corrected chi connectivity index (χ1v) is 5.29. The number of alkyl halides is 3. The predicted octanol–water partition coefficient (Wildman–Crippen LogP) is 2.69. The van der Waals surface area contributed by atoms with Crippen molar-refractivity contribution in [2.24, 2.45) is 5.90 Å². The number of halogens is 3. The molecule has 2 N–H and O–H groups in total. The van der Waals surface area contributed by atoms with Gasteiger partial charge in [0, 0.05) is 10.3 Å². The maximum Gasteiger partial charge on any atom is 0.425 e. The van der Waals surface area contributed by atoms with Gasteiger partial charge < -0.3 is 4.84 Å². The first-order valence-electron chi connectivity index (χ1n) is 4.47. The van der Waals surface area contributed by atoms with Gasteiger partial charge in [0.05, 0.1) is 6.61 Å². The molecule has 15 heavy (non-hydrogen) atoms. The minimum absolute atomic E-state index is 0.247. The van der Waals surface area contributed by atoms with E-state index in [4.69, 9.17) is 5.90 Å². The van der Waals surface area contributed by atoms with Crippen molar-refractivity contribution in [1.82, 2.24) is 0 Å². The molecule has 1 heterocycles. The Hall–Kier alpha value is -0.590. The van der Waals surface area contributed by atoms with E-state index in [0.29, 0.717) is 6.61 Å². The van der Waals surface area contributed by atoms with Crippen LogP contribution in [0.1, 0.15) is 22.6 Å². The van der Waals surface area contributed by atoms with Gasteiger partial charge in [0.1, 0.15) is 4.88 Å². The van der Waals surface area contributed by atoms with Gasteiger partial charge in [-0.05, 0) is 25.0 Å². The molecular formula is C9H10F3NOS. The zero-order chi connectivity index (χ0) is 11.1. The van der Waals surface area contributed by atoms with Crippen molar-refractivity contribution >= 4 is 11.3 Å². The van der Waals surface area contributed by atoms with Gasteiger partial charge in [-0.15, -0.1) is 11.3 Å². The van der Waals surface area contributed by atoms with E-state index in [1.807, 2.05) is 0 Å². The third-order valence-electron chi connectivity index (χ3n) is 2.62. The SMILES string of the molecule is NOCC1(c2ccc(C(F)(F)F)s2)CC1. The number of rotatable bonds is 3. The van der Waals surface area contributed by atoms with Gasteiger partial charge in [-0.1, -0.05) is 0 Å². The lowest BCUT2D eigenvalue weighted by Gasteiger charge is -2.10. The van der Waals surface area contributed by atoms with Gasteiger partial charge in [-0.2, -0.15) is 13.2 Å². The quantitative estimate of drug-likeness (QED) is 0.820. The summed E-state index contributed by atoms with van der Waals surface area (Å²) in [4.78, 5) is 4.71. The maximum absolute atomic E-state index is 12.4. The third kappa shape index (κ3) is 2.02. The first-order chi connectivity index (χ1) is 6.98. The van der Waals surface area contributed by atoms with Crippen LogP contribution in [0.4, 0.5) is 13.2 Å². The summed E-state index contributed by atoms with van der Waals surface area (Å²) in [5.74, 6) is 4.97. The molecule has 0 radical (unpaired) electrons. The first kappa shape index (κ1) is 10.9. The fourth-order valence-corrected chi connectivity index (χ4v) is 2.65. The van der Waals surface area contributed by atoms with Crippen molar-refractivity contribution in [3.63, 3.8) is 0 Å². The van der Waals surface area contributed by atoms with E-state index in [1.165, 1.54) is 6.07 Å². The van der Waals surface area contributed by atoms with E-state index in [0.717, 1.165) is 35.1 Å². The minimum atomic E-state index is -4.25. The topological polar surface area (TPSA) is 35.2 Å². The number of nitrogens with two attached hydrogens (primary N) is 1. The molecule has 0 bridgehead atoms. The number of hydrogen-bond donors (Lipinski definition) is 1. The highest BCUT2D eigenvalue weighted by atomic mass is 32.1. The van der Waals surface area contributed by atoms with Crippen molar-refractivity contribution < 1.29 is 18.0 Å². The Labute approximate surface area is 88.8 Å². The van der Waals surface area contributed by atoms with Crippen LogP contribution in [0, 0.1) is 0 Å². The Balaban J connectivity index is 2.21. The Bertz CT molecular complexity index is 356. The van der Waals surface area contributed by atoms with Crippen LogP contribution in [0.2, 0.25) is 0 Å². The minimum Gasteiger partial charge on any atom is -0.304 e. The predicted molar refractivity (Wildman–Crippen MR) is 50.4 cm³/mol. The second kappa shape index (κ2) is 3.47. The summed E-state index contributed by atoms with van der Waals surface area (Å²) in [5.41, 5.74) is -0.247. The van der Waals surface area contributed by atoms with E-state index in [2.05, 4.69) is 4.84 Å². The van der Waals surface area contributed by atoms with Gasteiger partial charge in [-0.25, -0.2) is 5.90 Å². The van der Waals surface area contributed by atoms with Crippen molar-refractivity contribution in [2.45, 2.75) is 24.4 Å². The molecule has 1 aliphatic rings. The van der Waals surface area contributed by atoms with Crippen molar-refractivity contribution in [3.8, 4) is 0 Å². The number of hydrogen-bond acceptors (Lipinski definition) is 3. The largest absolute Gasteiger partial charge is 0.425 e. The molecule has 0 spiro atoms. The molecule has 1 aromatic rings. The summed E-state index contributed by atoms with van der Waals surface area (Å²) in [6.07, 6.45) is -2.55. The average molecular weight is 237 g/mol. The summed E-state index contributed by atoms with van der Waals surface area (Å²) in [6, 6.07) is 2.65. The lowest BCUT2D eigenvalue weighted by Crippen LogP contribution is -2.16. The van der Waals surface area contributed by atoms with Crippen LogP contribution in [0.15, 0.2) is 12.1 Å². The van der Waals surface area contributed by atoms with E-state index >= 15 is 0 Å². The molecule has 0 aliphatic heterocycles. The van der Waals surface area contributed by atoms with Crippen LogP contribution in [-0.2, 0) is 16.4 Å². The standard InChI is InChI=1S/C9H10F3NOS/c10-9(11,12)7-2-1-6(15-7)8(3-4-8)5-14-13/h1-2H,3-5,13H2. The van der Waals surface area contributed by atoms with Gasteiger partial charge in [-0.3, -0.25) is 0 Å². The lowest BCUT2D eigenvalue weighted by atomic mass is 10.1. The highest BCUT2D eigenvalue weighted by molar-refractivity contribution is 7.12. The lowest BCUT2D eigenvalue weighted by molar-refractivity contribution is -0.134. The zero-order valence-electron chi connectivity index (χ0n) is 7.80. The highest BCUT2D eigenvalue weighted by Crippen LogP contribution is 2.51. The smallest absolute Gasteiger partial charge is 0.304 e. The van der Waals surface area contributed by atoms with Gasteiger partial charge in [0.25, 0.3) is 0 Å². The molecule has 0 aromatic carbocycles. The van der Waals surface area contributed by atoms with Crippen LogP contribution >= 0.6 is 11.3 Å². The van der Waals surface area contributed by atoms with Crippen molar-refractivity contribution in [2.75, 3.05) is 6.61 Å². The van der Waals surface area contributed by atoms with Crippen LogP contribution in [0.3, 0.4) is 0 Å². The molecule has 1 fully saturated rings. The fraction of sp³-hybridized carbons (Fsp3) is 0.556. The van der Waals surface area contributed by atoms with Gasteiger partial charge >= 0.3 is 6.18 Å². The monoisotopic (exact) mass is 237 g/mol. The molecule has 0 amide bonds. The van der Waals surface area contributed by atoms with E-state index in [9.17, 15) is 13.2 Å². The summed E-state index contributed by atoms with van der Waals surface area (Å²) < 4.78 is 37.1. The average Bonchev–Trinajstić information content (AvgIpc) is 2.75. The third-order valence-corrected chi connectivity index (χ3v) is 4.00. The fourth-order valence-electron chi connectivity index (χ4n) is 1.55. The van der Waals surface area contributed by atoms with Crippen LogP contribution in [0.5, 0.6) is 0 Å². The molecule has 1 aromatic heterocycles. The second-order valence-corrected chi connectivity index (χ2v) is 4.84. The zero-order valence-corrected chi connectivity index (χ0v) is 8.62. The Morgan fingerprint density at radius 1 is 1.40 bits per heavy atom. The Morgan fingerprint density at radius 2 is 2.07 bits per heavy atom. The molecule has 1 aliphatic carbocycles. The molecule has 0 saturated heterocycles. The summed E-state index contributed by atoms with van der Waals surface area (Å²) in [6.45, 7) is 0.296. The summed E-state index contributed by atoms with van der Waals surface area (Å²) >= 11 is 0.789. The molecule has 84 valence electrons. The Morgan fingerprint density at radius 3 is 2.47 bits per heavy atom. The maximum atomic E-state index is 12.4. The molecule has 6 heteroatoms. The molecule has 0 atom stereocenters. The van der Waals surface area contributed by atoms with E-state index < -0.39 is 11.1 Å². The van der Waals surface area contributed by atoms with E-state index in [1.54, 1.807) is 0 Å². The number of thiophene rings is 1. The normalized spacial score (nSPS) is 19.2. The van der Waals surface area contributed by atoms with Gasteiger partial charge in [0.2, 0.25) is 0 Å². The summed E-state index contributed by atoms with van der Waals surface area (Å²) in [7, 11) is 0. The highest BCUT2D eigenvalue weighted by Gasteiger charge is 2.47. The van der Waals surface area contributed by atoms with Crippen molar-refractivity contribution in [1.29, 1.82) is 0 Å².